The highest BCUT2D eigenvalue weighted by Crippen LogP contribution is 2.33. The monoisotopic (exact) mass is 309 g/mol. The van der Waals surface area contributed by atoms with Crippen LogP contribution in [0.25, 0.3) is 0 Å². The number of rotatable bonds is 2. The first-order valence-electron chi connectivity index (χ1n) is 6.84. The molecular weight excluding hydrogens is 294 g/mol. The van der Waals surface area contributed by atoms with Gasteiger partial charge in [0.05, 0.1) is 5.02 Å². The van der Waals surface area contributed by atoms with Crippen LogP contribution in [0.4, 0.5) is 0 Å². The number of nitrogens with zero attached hydrogens (tertiary/aromatic N) is 2. The van der Waals surface area contributed by atoms with Crippen LogP contribution >= 0.6 is 22.9 Å². The summed E-state index contributed by atoms with van der Waals surface area (Å²) in [5.41, 5.74) is 0. The van der Waals surface area contributed by atoms with Crippen molar-refractivity contribution in [3.05, 3.63) is 20.8 Å². The second kappa shape index (κ2) is 5.36. The lowest BCUT2D eigenvalue weighted by molar-refractivity contribution is 0.0218. The minimum Gasteiger partial charge on any atom is -0.347 e. The molecule has 3 fully saturated rings. The van der Waals surface area contributed by atoms with Crippen molar-refractivity contribution >= 4 is 28.8 Å². The summed E-state index contributed by atoms with van der Waals surface area (Å²) in [6.45, 7) is 4.44. The molecule has 2 bridgehead atoms. The van der Waals surface area contributed by atoms with Crippen molar-refractivity contribution in [1.29, 1.82) is 5.26 Å². The van der Waals surface area contributed by atoms with E-state index in [2.05, 4.69) is 17.1 Å². The van der Waals surface area contributed by atoms with E-state index in [-0.39, 0.29) is 11.9 Å². The third kappa shape index (κ3) is 2.32. The quantitative estimate of drug-likeness (QED) is 0.913. The van der Waals surface area contributed by atoms with Crippen molar-refractivity contribution in [3.63, 3.8) is 0 Å². The topological polar surface area (TPSA) is 56.1 Å². The lowest BCUT2D eigenvalue weighted by atomic mass is 9.79. The summed E-state index contributed by atoms with van der Waals surface area (Å²) in [4.78, 5) is 15.7. The Bertz CT molecular complexity index is 569. The summed E-state index contributed by atoms with van der Waals surface area (Å²) in [6.07, 6.45) is 2.30. The summed E-state index contributed by atoms with van der Waals surface area (Å²) in [6, 6.07) is 4.15. The van der Waals surface area contributed by atoms with Gasteiger partial charge in [0.1, 0.15) is 15.8 Å². The molecule has 4 nitrogen and oxygen atoms in total. The summed E-state index contributed by atoms with van der Waals surface area (Å²) in [5.74, 6) is 0.417. The van der Waals surface area contributed by atoms with Crippen LogP contribution < -0.4 is 5.32 Å². The minimum absolute atomic E-state index is 0.146. The Balaban J connectivity index is 1.76. The van der Waals surface area contributed by atoms with Gasteiger partial charge in [-0.15, -0.1) is 11.3 Å². The molecule has 4 rings (SSSR count). The number of hydrogen-bond acceptors (Lipinski definition) is 4. The van der Waals surface area contributed by atoms with E-state index in [1.54, 1.807) is 6.07 Å². The molecule has 0 aliphatic carbocycles. The minimum atomic E-state index is -0.146. The Morgan fingerprint density at radius 3 is 2.80 bits per heavy atom. The van der Waals surface area contributed by atoms with Crippen LogP contribution in [0.1, 0.15) is 34.3 Å². The summed E-state index contributed by atoms with van der Waals surface area (Å²) in [7, 11) is 0. The zero-order valence-electron chi connectivity index (χ0n) is 11.2. The van der Waals surface area contributed by atoms with Crippen molar-refractivity contribution in [2.45, 2.75) is 31.8 Å². The maximum absolute atomic E-state index is 12.4. The SMILES string of the molecule is C[C@@H]1[C@H](NC(=O)c2sc(C#N)cc2Cl)C2CCN1CC2. The molecule has 0 radical (unpaired) electrons. The van der Waals surface area contributed by atoms with E-state index in [1.807, 2.05) is 6.07 Å². The molecule has 3 aliphatic rings. The van der Waals surface area contributed by atoms with Crippen LogP contribution in [-0.2, 0) is 0 Å². The molecule has 0 saturated carbocycles. The molecule has 20 heavy (non-hydrogen) atoms. The maximum atomic E-state index is 12.4. The Morgan fingerprint density at radius 1 is 1.55 bits per heavy atom. The standard InChI is InChI=1S/C14H16ClN3OS/c1-8-12(9-2-4-18(8)5-3-9)17-14(19)13-11(15)6-10(7-16)20-13/h6,8-9,12H,2-5H2,1H3,(H,17,19)/t8-,12+/m1/s1. The smallest absolute Gasteiger partial charge is 0.263 e. The largest absolute Gasteiger partial charge is 0.347 e. The summed E-state index contributed by atoms with van der Waals surface area (Å²) in [5, 5.41) is 12.4. The third-order valence-corrected chi connectivity index (χ3v) is 5.93. The predicted molar refractivity (Wildman–Crippen MR) is 79.1 cm³/mol. The zero-order chi connectivity index (χ0) is 14.3. The number of amides is 1. The number of fused-ring (bicyclic) bond motifs is 3. The first kappa shape index (κ1) is 13.9. The van der Waals surface area contributed by atoms with Crippen LogP contribution in [0.3, 0.4) is 0 Å². The van der Waals surface area contributed by atoms with Gasteiger partial charge in [-0.25, -0.2) is 0 Å². The molecule has 6 heteroatoms. The maximum Gasteiger partial charge on any atom is 0.263 e. The molecule has 106 valence electrons. The fourth-order valence-corrected chi connectivity index (χ4v) is 4.47. The average Bonchev–Trinajstić information content (AvgIpc) is 2.84. The number of thiophene rings is 1. The van der Waals surface area contributed by atoms with Crippen molar-refractivity contribution in [2.24, 2.45) is 5.92 Å². The number of carbonyl (C=O) groups excluding carboxylic acids is 1. The predicted octanol–water partition coefficient (Wildman–Crippen LogP) is 2.49. The number of piperidine rings is 3. The highest BCUT2D eigenvalue weighted by Gasteiger charge is 2.40. The Hall–Kier alpha value is -1.09. The molecule has 3 aliphatic heterocycles. The third-order valence-electron chi connectivity index (χ3n) is 4.48. The summed E-state index contributed by atoms with van der Waals surface area (Å²) >= 11 is 7.20. The van der Waals surface area contributed by atoms with Crippen LogP contribution in [0, 0.1) is 17.2 Å². The van der Waals surface area contributed by atoms with Gasteiger partial charge in [-0.1, -0.05) is 11.6 Å². The summed E-state index contributed by atoms with van der Waals surface area (Å²) < 4.78 is 0. The van der Waals surface area contributed by atoms with E-state index in [0.29, 0.717) is 26.7 Å². The number of hydrogen-bond donors (Lipinski definition) is 1. The van der Waals surface area contributed by atoms with Gasteiger partial charge in [-0.05, 0) is 44.8 Å². The van der Waals surface area contributed by atoms with Gasteiger partial charge in [0, 0.05) is 12.1 Å². The van der Waals surface area contributed by atoms with Gasteiger partial charge in [-0.2, -0.15) is 5.26 Å². The number of carbonyl (C=O) groups is 1. The fourth-order valence-electron chi connectivity index (χ4n) is 3.34. The van der Waals surface area contributed by atoms with E-state index >= 15 is 0 Å². The molecule has 1 aromatic heterocycles. The van der Waals surface area contributed by atoms with Crippen molar-refractivity contribution < 1.29 is 4.79 Å². The van der Waals surface area contributed by atoms with E-state index < -0.39 is 0 Å². The van der Waals surface area contributed by atoms with Crippen LogP contribution in [0.2, 0.25) is 5.02 Å². The Morgan fingerprint density at radius 2 is 2.25 bits per heavy atom. The second-order valence-corrected chi connectivity index (χ2v) is 6.97. The molecule has 3 saturated heterocycles. The van der Waals surface area contributed by atoms with Crippen molar-refractivity contribution in [3.8, 4) is 6.07 Å². The molecular formula is C14H16ClN3OS. The van der Waals surface area contributed by atoms with Crippen molar-refractivity contribution in [2.75, 3.05) is 13.1 Å². The van der Waals surface area contributed by atoms with Gasteiger partial charge in [0.2, 0.25) is 0 Å². The van der Waals surface area contributed by atoms with Gasteiger partial charge in [0.15, 0.2) is 0 Å². The van der Waals surface area contributed by atoms with Gasteiger partial charge < -0.3 is 5.32 Å². The van der Waals surface area contributed by atoms with E-state index in [9.17, 15) is 4.79 Å². The Kier molecular flexibility index (Phi) is 3.72. The fraction of sp³-hybridized carbons (Fsp3) is 0.571. The molecule has 0 aromatic carbocycles. The average molecular weight is 310 g/mol. The number of nitrogens with one attached hydrogen (secondary N) is 1. The molecule has 0 spiro atoms. The molecule has 1 aromatic rings. The number of nitriles is 1. The van der Waals surface area contributed by atoms with Gasteiger partial charge in [0.25, 0.3) is 5.91 Å². The van der Waals surface area contributed by atoms with E-state index in [4.69, 9.17) is 16.9 Å². The molecule has 0 unspecified atom stereocenters. The van der Waals surface area contributed by atoms with Gasteiger partial charge >= 0.3 is 0 Å². The lowest BCUT2D eigenvalue weighted by Gasteiger charge is -2.49. The molecule has 1 N–H and O–H groups in total. The Labute approximate surface area is 127 Å². The van der Waals surface area contributed by atoms with Crippen LogP contribution in [0.5, 0.6) is 0 Å². The normalized spacial score (nSPS) is 31.9. The van der Waals surface area contributed by atoms with E-state index in [0.717, 1.165) is 37.3 Å². The van der Waals surface area contributed by atoms with Crippen molar-refractivity contribution in [1.82, 2.24) is 10.2 Å². The highest BCUT2D eigenvalue weighted by atomic mass is 35.5. The lowest BCUT2D eigenvalue weighted by Crippen LogP contribution is -2.62. The highest BCUT2D eigenvalue weighted by molar-refractivity contribution is 7.15. The molecule has 2 atom stereocenters. The first-order chi connectivity index (χ1) is 9.60. The van der Waals surface area contributed by atoms with Crippen LogP contribution in [0.15, 0.2) is 6.07 Å². The van der Waals surface area contributed by atoms with Gasteiger partial charge in [-0.3, -0.25) is 9.69 Å². The second-order valence-electron chi connectivity index (χ2n) is 5.51. The first-order valence-corrected chi connectivity index (χ1v) is 8.04. The van der Waals surface area contributed by atoms with Crippen LogP contribution in [-0.4, -0.2) is 36.0 Å². The van der Waals surface area contributed by atoms with E-state index in [1.165, 1.54) is 0 Å². The zero-order valence-corrected chi connectivity index (χ0v) is 12.8. The molecule has 4 heterocycles. The number of halogens is 1. The molecule has 1 amide bonds.